The SMILES string of the molecule is COc1nc(OC)nc(N(C(N)=O)S(=O)(=O)NCc2nc(C)cc(C)n2)n1. The van der Waals surface area contributed by atoms with E-state index in [2.05, 4.69) is 29.6 Å². The molecule has 14 heteroatoms. The molecule has 0 aliphatic carbocycles. The number of methoxy groups -OCH3 is 2. The molecule has 0 atom stereocenters. The van der Waals surface area contributed by atoms with E-state index in [0.717, 1.165) is 0 Å². The monoisotopic (exact) mass is 398 g/mol. The zero-order valence-corrected chi connectivity index (χ0v) is 15.8. The molecule has 0 saturated carbocycles. The third-order valence-electron chi connectivity index (χ3n) is 3.01. The molecule has 0 saturated heterocycles. The number of carbonyl (C=O) groups is 1. The smallest absolute Gasteiger partial charge is 0.336 e. The van der Waals surface area contributed by atoms with Crippen molar-refractivity contribution in [3.05, 3.63) is 23.3 Å². The number of hydrogen-bond donors (Lipinski definition) is 2. The van der Waals surface area contributed by atoms with Gasteiger partial charge in [0.2, 0.25) is 0 Å². The van der Waals surface area contributed by atoms with E-state index in [9.17, 15) is 13.2 Å². The number of aryl methyl sites for hydroxylation is 2. The lowest BCUT2D eigenvalue weighted by Gasteiger charge is -2.19. The van der Waals surface area contributed by atoms with Gasteiger partial charge in [0.25, 0.3) is 5.95 Å². The Labute approximate surface area is 155 Å². The average Bonchev–Trinajstić information content (AvgIpc) is 2.58. The first-order valence-electron chi connectivity index (χ1n) is 7.41. The Balaban J connectivity index is 2.36. The van der Waals surface area contributed by atoms with Crippen LogP contribution in [0.3, 0.4) is 0 Å². The molecule has 0 bridgehead atoms. The van der Waals surface area contributed by atoms with Gasteiger partial charge < -0.3 is 15.2 Å². The zero-order valence-electron chi connectivity index (χ0n) is 15.0. The second-order valence-electron chi connectivity index (χ2n) is 5.10. The molecular formula is C13H18N8O5S. The molecule has 146 valence electrons. The van der Waals surface area contributed by atoms with Crippen molar-refractivity contribution in [2.75, 3.05) is 18.5 Å². The quantitative estimate of drug-likeness (QED) is 0.601. The molecule has 0 fully saturated rings. The first-order chi connectivity index (χ1) is 12.7. The number of amides is 2. The van der Waals surface area contributed by atoms with Crippen LogP contribution in [0.4, 0.5) is 10.7 Å². The largest absolute Gasteiger partial charge is 0.467 e. The van der Waals surface area contributed by atoms with Crippen molar-refractivity contribution in [1.82, 2.24) is 29.6 Å². The lowest BCUT2D eigenvalue weighted by Crippen LogP contribution is -2.48. The number of rotatable bonds is 7. The van der Waals surface area contributed by atoms with Crippen LogP contribution in [0.2, 0.25) is 0 Å². The van der Waals surface area contributed by atoms with Gasteiger partial charge in [0, 0.05) is 11.4 Å². The third kappa shape index (κ3) is 4.95. The number of nitrogens with zero attached hydrogens (tertiary/aromatic N) is 6. The first kappa shape index (κ1) is 20.2. The van der Waals surface area contributed by atoms with Crippen LogP contribution in [-0.4, -0.2) is 53.6 Å². The Bertz CT molecular complexity index is 909. The van der Waals surface area contributed by atoms with Gasteiger partial charge in [0.15, 0.2) is 0 Å². The van der Waals surface area contributed by atoms with Gasteiger partial charge in [-0.1, -0.05) is 0 Å². The second-order valence-corrected chi connectivity index (χ2v) is 6.71. The van der Waals surface area contributed by atoms with Crippen molar-refractivity contribution in [3.8, 4) is 12.0 Å². The predicted molar refractivity (Wildman–Crippen MR) is 92.3 cm³/mol. The number of aromatic nitrogens is 5. The van der Waals surface area contributed by atoms with Crippen LogP contribution in [0, 0.1) is 13.8 Å². The maximum atomic E-state index is 12.6. The summed E-state index contributed by atoms with van der Waals surface area (Å²) in [6.45, 7) is 3.20. The van der Waals surface area contributed by atoms with Gasteiger partial charge in [-0.15, -0.1) is 9.29 Å². The number of nitrogens with one attached hydrogen (secondary N) is 1. The predicted octanol–water partition coefficient (Wildman–Crippen LogP) is -0.785. The van der Waals surface area contributed by atoms with Crippen molar-refractivity contribution in [2.45, 2.75) is 20.4 Å². The number of ether oxygens (including phenoxy) is 2. The molecule has 0 spiro atoms. The number of primary amides is 1. The topological polar surface area (TPSA) is 175 Å². The van der Waals surface area contributed by atoms with Gasteiger partial charge in [-0.05, 0) is 19.9 Å². The van der Waals surface area contributed by atoms with Crippen LogP contribution in [0.1, 0.15) is 17.2 Å². The van der Waals surface area contributed by atoms with E-state index >= 15 is 0 Å². The highest BCUT2D eigenvalue weighted by Crippen LogP contribution is 2.18. The summed E-state index contributed by atoms with van der Waals surface area (Å²) in [6.07, 6.45) is 0. The van der Waals surface area contributed by atoms with Gasteiger partial charge in [-0.25, -0.2) is 14.8 Å². The van der Waals surface area contributed by atoms with E-state index in [1.165, 1.54) is 14.2 Å². The Morgan fingerprint density at radius 1 is 1.07 bits per heavy atom. The molecule has 0 aromatic carbocycles. The highest BCUT2D eigenvalue weighted by Gasteiger charge is 2.31. The normalized spacial score (nSPS) is 11.1. The highest BCUT2D eigenvalue weighted by atomic mass is 32.2. The Hall–Kier alpha value is -3.13. The summed E-state index contributed by atoms with van der Waals surface area (Å²) >= 11 is 0. The Morgan fingerprint density at radius 2 is 1.59 bits per heavy atom. The van der Waals surface area contributed by atoms with Gasteiger partial charge >= 0.3 is 28.3 Å². The summed E-state index contributed by atoms with van der Waals surface area (Å²) in [4.78, 5) is 31.2. The van der Waals surface area contributed by atoms with Crippen LogP contribution >= 0.6 is 0 Å². The van der Waals surface area contributed by atoms with Gasteiger partial charge in [-0.3, -0.25) is 0 Å². The van der Waals surface area contributed by atoms with Crippen LogP contribution in [0.5, 0.6) is 12.0 Å². The summed E-state index contributed by atoms with van der Waals surface area (Å²) in [6, 6.07) is -0.150. The molecule has 27 heavy (non-hydrogen) atoms. The number of hydrogen-bond acceptors (Lipinski definition) is 10. The standard InChI is InChI=1S/C13H18N8O5S/c1-7-5-8(2)17-9(16-7)6-15-27(23,24)21(10(14)22)11-18-12(25-3)20-13(19-11)26-4/h5,15H,6H2,1-4H3,(H2,14,22). The third-order valence-corrected chi connectivity index (χ3v) is 4.34. The average molecular weight is 398 g/mol. The van der Waals surface area contributed by atoms with Crippen molar-refractivity contribution in [2.24, 2.45) is 5.73 Å². The van der Waals surface area contributed by atoms with E-state index in [1.807, 2.05) is 0 Å². The molecule has 0 radical (unpaired) electrons. The molecule has 0 aliphatic rings. The van der Waals surface area contributed by atoms with Gasteiger partial charge in [-0.2, -0.15) is 23.1 Å². The summed E-state index contributed by atoms with van der Waals surface area (Å²) in [5, 5.41) is 0. The molecule has 2 heterocycles. The second kappa shape index (κ2) is 8.05. The number of urea groups is 1. The van der Waals surface area contributed by atoms with Crippen molar-refractivity contribution >= 4 is 22.2 Å². The number of carbonyl (C=O) groups excluding carboxylic acids is 1. The fourth-order valence-corrected chi connectivity index (χ4v) is 3.00. The number of nitrogens with two attached hydrogens (primary N) is 1. The summed E-state index contributed by atoms with van der Waals surface area (Å²) in [5.41, 5.74) is 6.53. The van der Waals surface area contributed by atoms with Crippen LogP contribution < -0.4 is 24.2 Å². The van der Waals surface area contributed by atoms with Crippen LogP contribution in [0.15, 0.2) is 6.07 Å². The first-order valence-corrected chi connectivity index (χ1v) is 8.85. The lowest BCUT2D eigenvalue weighted by atomic mass is 10.3. The fourth-order valence-electron chi connectivity index (χ4n) is 2.02. The summed E-state index contributed by atoms with van der Waals surface area (Å²) in [5.74, 6) is -0.383. The van der Waals surface area contributed by atoms with E-state index in [4.69, 9.17) is 15.2 Å². The van der Waals surface area contributed by atoms with E-state index < -0.39 is 22.2 Å². The molecule has 2 aromatic heterocycles. The molecular weight excluding hydrogens is 380 g/mol. The van der Waals surface area contributed by atoms with E-state index in [0.29, 0.717) is 11.4 Å². The molecule has 0 unspecified atom stereocenters. The molecule has 0 aliphatic heterocycles. The Morgan fingerprint density at radius 3 is 2.04 bits per heavy atom. The highest BCUT2D eigenvalue weighted by molar-refractivity contribution is 7.91. The molecule has 2 amide bonds. The van der Waals surface area contributed by atoms with Gasteiger partial charge in [0.05, 0.1) is 20.8 Å². The minimum atomic E-state index is -4.48. The van der Waals surface area contributed by atoms with Crippen molar-refractivity contribution < 1.29 is 22.7 Å². The number of anilines is 1. The van der Waals surface area contributed by atoms with Crippen LogP contribution in [0.25, 0.3) is 0 Å². The van der Waals surface area contributed by atoms with Crippen molar-refractivity contribution in [3.63, 3.8) is 0 Å². The fraction of sp³-hybridized carbons (Fsp3) is 0.385. The molecule has 2 rings (SSSR count). The zero-order chi connectivity index (χ0) is 20.2. The van der Waals surface area contributed by atoms with Crippen molar-refractivity contribution in [1.29, 1.82) is 0 Å². The maximum absolute atomic E-state index is 12.6. The molecule has 2 aromatic rings. The lowest BCUT2D eigenvalue weighted by molar-refractivity contribution is 0.256. The molecule has 13 nitrogen and oxygen atoms in total. The minimum Gasteiger partial charge on any atom is -0.467 e. The van der Waals surface area contributed by atoms with E-state index in [1.54, 1.807) is 19.9 Å². The van der Waals surface area contributed by atoms with E-state index in [-0.39, 0.29) is 28.7 Å². The van der Waals surface area contributed by atoms with Crippen LogP contribution in [-0.2, 0) is 16.8 Å². The van der Waals surface area contributed by atoms with Gasteiger partial charge in [0.1, 0.15) is 5.82 Å². The minimum absolute atomic E-state index is 0.155. The Kier molecular flexibility index (Phi) is 6.02. The maximum Gasteiger partial charge on any atom is 0.336 e. The molecule has 3 N–H and O–H groups in total. The summed E-state index contributed by atoms with van der Waals surface area (Å²) < 4.78 is 37.2. The summed E-state index contributed by atoms with van der Waals surface area (Å²) in [7, 11) is -1.99.